The molecule has 0 saturated carbocycles. The van der Waals surface area contributed by atoms with Crippen LogP contribution in [-0.2, 0) is 0 Å². The normalized spacial score (nSPS) is 11.9. The van der Waals surface area contributed by atoms with Crippen molar-refractivity contribution in [2.45, 2.75) is 33.7 Å². The van der Waals surface area contributed by atoms with Crippen LogP contribution in [0, 0.1) is 20.8 Å². The van der Waals surface area contributed by atoms with Crippen molar-refractivity contribution < 1.29 is 4.79 Å². The molecule has 1 amide bonds. The van der Waals surface area contributed by atoms with Gasteiger partial charge < -0.3 is 5.32 Å². The second-order valence-electron chi connectivity index (χ2n) is 7.78. The molecule has 0 fully saturated rings. The molecule has 0 aliphatic heterocycles. The lowest BCUT2D eigenvalue weighted by Crippen LogP contribution is -2.33. The van der Waals surface area contributed by atoms with Crippen LogP contribution in [0.2, 0.25) is 0 Å². The van der Waals surface area contributed by atoms with E-state index in [0.29, 0.717) is 5.69 Å². The summed E-state index contributed by atoms with van der Waals surface area (Å²) in [6, 6.07) is 18.7. The Labute approximate surface area is 190 Å². The molecule has 2 aromatic heterocycles. The van der Waals surface area contributed by atoms with E-state index in [9.17, 15) is 9.59 Å². The SMILES string of the molecule is Cc1ccc(-c2nc(C)c(C(C)NC(=O)c3nn(-c4ccccc4)c(C)cc3=O)s2)cc1. The summed E-state index contributed by atoms with van der Waals surface area (Å²) >= 11 is 1.54. The number of benzene rings is 2. The van der Waals surface area contributed by atoms with Crippen LogP contribution in [0.1, 0.15) is 45.3 Å². The Balaban J connectivity index is 1.59. The first-order chi connectivity index (χ1) is 15.3. The summed E-state index contributed by atoms with van der Waals surface area (Å²) in [5.74, 6) is -0.503. The maximum atomic E-state index is 13.0. The van der Waals surface area contributed by atoms with Gasteiger partial charge in [-0.2, -0.15) is 5.10 Å². The molecule has 0 aliphatic rings. The number of aryl methyl sites for hydroxylation is 3. The van der Waals surface area contributed by atoms with Crippen LogP contribution in [0.15, 0.2) is 65.5 Å². The maximum absolute atomic E-state index is 13.0. The first-order valence-electron chi connectivity index (χ1n) is 10.3. The van der Waals surface area contributed by atoms with Crippen molar-refractivity contribution in [1.82, 2.24) is 20.1 Å². The van der Waals surface area contributed by atoms with Gasteiger partial charge in [0.1, 0.15) is 5.01 Å². The van der Waals surface area contributed by atoms with E-state index in [4.69, 9.17) is 0 Å². The first-order valence-corrected chi connectivity index (χ1v) is 11.2. The molecule has 4 aromatic rings. The molecule has 4 rings (SSSR count). The Hall–Kier alpha value is -3.58. The molecule has 0 radical (unpaired) electrons. The Morgan fingerprint density at radius 1 is 1.03 bits per heavy atom. The van der Waals surface area contributed by atoms with E-state index in [1.807, 2.05) is 63.2 Å². The summed E-state index contributed by atoms with van der Waals surface area (Å²) in [5, 5.41) is 8.18. The summed E-state index contributed by atoms with van der Waals surface area (Å²) in [5.41, 5.74) is 4.00. The average molecular weight is 445 g/mol. The summed E-state index contributed by atoms with van der Waals surface area (Å²) in [7, 11) is 0. The van der Waals surface area contributed by atoms with Crippen LogP contribution in [0.4, 0.5) is 0 Å². The smallest absolute Gasteiger partial charge is 0.276 e. The lowest BCUT2D eigenvalue weighted by atomic mass is 10.2. The van der Waals surface area contributed by atoms with Gasteiger partial charge in [0.05, 0.1) is 22.3 Å². The summed E-state index contributed by atoms with van der Waals surface area (Å²) in [4.78, 5) is 31.1. The van der Waals surface area contributed by atoms with Crippen molar-refractivity contribution in [3.63, 3.8) is 0 Å². The molecule has 0 bridgehead atoms. The van der Waals surface area contributed by atoms with E-state index in [0.717, 1.165) is 26.8 Å². The van der Waals surface area contributed by atoms with Gasteiger partial charge in [0, 0.05) is 17.3 Å². The number of thiazole rings is 1. The topological polar surface area (TPSA) is 76.9 Å². The van der Waals surface area contributed by atoms with Crippen LogP contribution in [0.25, 0.3) is 16.3 Å². The van der Waals surface area contributed by atoms with Crippen LogP contribution in [-0.4, -0.2) is 20.7 Å². The lowest BCUT2D eigenvalue weighted by molar-refractivity contribution is 0.0932. The summed E-state index contributed by atoms with van der Waals surface area (Å²) < 4.78 is 1.61. The van der Waals surface area contributed by atoms with Gasteiger partial charge in [0.25, 0.3) is 5.91 Å². The van der Waals surface area contributed by atoms with Crippen molar-refractivity contribution in [2.75, 3.05) is 0 Å². The number of amides is 1. The number of hydrogen-bond acceptors (Lipinski definition) is 5. The van der Waals surface area contributed by atoms with Gasteiger partial charge in [-0.1, -0.05) is 48.0 Å². The van der Waals surface area contributed by atoms with E-state index in [2.05, 4.69) is 27.5 Å². The Bertz CT molecular complexity index is 1320. The molecule has 2 aromatic carbocycles. The number of hydrogen-bond donors (Lipinski definition) is 1. The Morgan fingerprint density at radius 3 is 2.41 bits per heavy atom. The first kappa shape index (κ1) is 21.6. The molecule has 7 heteroatoms. The minimum absolute atomic E-state index is 0.132. The second kappa shape index (κ2) is 8.88. The van der Waals surface area contributed by atoms with Gasteiger partial charge in [0.15, 0.2) is 5.69 Å². The molecule has 0 spiro atoms. The molecule has 0 saturated heterocycles. The quantitative estimate of drug-likeness (QED) is 0.481. The molecule has 1 unspecified atom stereocenters. The van der Waals surface area contributed by atoms with Crippen molar-refractivity contribution in [3.8, 4) is 16.3 Å². The number of aromatic nitrogens is 3. The third-order valence-electron chi connectivity index (χ3n) is 5.20. The zero-order chi connectivity index (χ0) is 22.8. The Morgan fingerprint density at radius 2 is 1.72 bits per heavy atom. The third-order valence-corrected chi connectivity index (χ3v) is 6.58. The molecular weight excluding hydrogens is 420 g/mol. The number of rotatable bonds is 5. The maximum Gasteiger partial charge on any atom is 0.276 e. The van der Waals surface area contributed by atoms with Gasteiger partial charge >= 0.3 is 0 Å². The molecule has 1 N–H and O–H groups in total. The highest BCUT2D eigenvalue weighted by molar-refractivity contribution is 7.15. The molecule has 32 heavy (non-hydrogen) atoms. The van der Waals surface area contributed by atoms with Crippen molar-refractivity contribution in [1.29, 1.82) is 0 Å². The number of carbonyl (C=O) groups is 1. The highest BCUT2D eigenvalue weighted by Gasteiger charge is 2.21. The standard InChI is InChI=1S/C25H24N4O2S/c1-15-10-12-19(13-11-15)25-27-18(4)23(32-25)17(3)26-24(31)22-21(30)14-16(2)29(28-22)20-8-6-5-7-9-20/h5-14,17H,1-4H3,(H,26,31). The van der Waals surface area contributed by atoms with Crippen molar-refractivity contribution in [3.05, 3.63) is 98.4 Å². The van der Waals surface area contributed by atoms with E-state index in [1.165, 1.54) is 11.6 Å². The van der Waals surface area contributed by atoms with Crippen molar-refractivity contribution >= 4 is 17.2 Å². The van der Waals surface area contributed by atoms with E-state index < -0.39 is 11.3 Å². The number of para-hydroxylation sites is 1. The van der Waals surface area contributed by atoms with Gasteiger partial charge in [-0.15, -0.1) is 11.3 Å². The monoisotopic (exact) mass is 444 g/mol. The Kier molecular flexibility index (Phi) is 6.01. The van der Waals surface area contributed by atoms with Crippen molar-refractivity contribution in [2.24, 2.45) is 0 Å². The van der Waals surface area contributed by atoms with E-state index >= 15 is 0 Å². The molecule has 0 aliphatic carbocycles. The van der Waals surface area contributed by atoms with Gasteiger partial charge in [-0.3, -0.25) is 9.59 Å². The van der Waals surface area contributed by atoms with Gasteiger partial charge in [-0.05, 0) is 39.8 Å². The van der Waals surface area contributed by atoms with Gasteiger partial charge in [-0.25, -0.2) is 9.67 Å². The lowest BCUT2D eigenvalue weighted by Gasteiger charge is -2.14. The minimum Gasteiger partial charge on any atom is -0.343 e. The molecular formula is C25H24N4O2S. The largest absolute Gasteiger partial charge is 0.343 e. The van der Waals surface area contributed by atoms with Gasteiger partial charge in [0.2, 0.25) is 5.43 Å². The number of nitrogens with zero attached hydrogens (tertiary/aromatic N) is 3. The molecule has 6 nitrogen and oxygen atoms in total. The summed E-state index contributed by atoms with van der Waals surface area (Å²) in [6.45, 7) is 7.66. The van der Waals surface area contributed by atoms with Crippen LogP contribution in [0.5, 0.6) is 0 Å². The third kappa shape index (κ3) is 4.38. The number of carbonyl (C=O) groups excluding carboxylic acids is 1. The van der Waals surface area contributed by atoms with Crippen LogP contribution >= 0.6 is 11.3 Å². The van der Waals surface area contributed by atoms with E-state index in [-0.39, 0.29) is 11.7 Å². The second-order valence-corrected chi connectivity index (χ2v) is 8.81. The highest BCUT2D eigenvalue weighted by atomic mass is 32.1. The predicted molar refractivity (Wildman–Crippen MR) is 127 cm³/mol. The minimum atomic E-state index is -0.503. The fraction of sp³-hybridized carbons (Fsp3) is 0.200. The number of nitrogens with one attached hydrogen (secondary N) is 1. The average Bonchev–Trinajstić information content (AvgIpc) is 3.16. The fourth-order valence-electron chi connectivity index (χ4n) is 3.50. The van der Waals surface area contributed by atoms with E-state index in [1.54, 1.807) is 22.9 Å². The molecule has 2 heterocycles. The van der Waals surface area contributed by atoms with Crippen LogP contribution in [0.3, 0.4) is 0 Å². The highest BCUT2D eigenvalue weighted by Crippen LogP contribution is 2.32. The molecule has 162 valence electrons. The predicted octanol–water partition coefficient (Wildman–Crippen LogP) is 4.77. The zero-order valence-electron chi connectivity index (χ0n) is 18.4. The zero-order valence-corrected chi connectivity index (χ0v) is 19.2. The molecule has 1 atom stereocenters. The van der Waals surface area contributed by atoms with Crippen LogP contribution < -0.4 is 10.7 Å². The fourth-order valence-corrected chi connectivity index (χ4v) is 4.57. The summed E-state index contributed by atoms with van der Waals surface area (Å²) in [6.07, 6.45) is 0.